The molecule has 1 aliphatic rings. The van der Waals surface area contributed by atoms with E-state index in [2.05, 4.69) is 10.6 Å². The zero-order chi connectivity index (χ0) is 26.4. The van der Waals surface area contributed by atoms with Crippen molar-refractivity contribution in [3.8, 4) is 5.75 Å². The minimum Gasteiger partial charge on any atom is -0.483 e. The standard InChI is InChI=1S/C27H22ClN3O5S/c1-17-11-12-20(14-21(17)28)30-24(32)15-31-26(34)23(37-27(31)35)13-18-7-5-6-10-22(18)36-16-25(33)29-19-8-3-2-4-9-19/h2-14H,15-16H2,1H3,(H,29,33)(H,30,32)/b23-13+. The highest BCUT2D eigenvalue weighted by Gasteiger charge is 2.36. The Morgan fingerprint density at radius 3 is 2.41 bits per heavy atom. The van der Waals surface area contributed by atoms with Crippen LogP contribution in [0.15, 0.2) is 77.7 Å². The largest absolute Gasteiger partial charge is 0.483 e. The van der Waals surface area contributed by atoms with Crippen LogP contribution in [0.3, 0.4) is 0 Å². The van der Waals surface area contributed by atoms with Gasteiger partial charge in [-0.25, -0.2) is 0 Å². The quantitative estimate of drug-likeness (QED) is 0.377. The van der Waals surface area contributed by atoms with E-state index >= 15 is 0 Å². The number of thioether (sulfide) groups is 1. The number of anilines is 2. The van der Waals surface area contributed by atoms with Gasteiger partial charge in [-0.15, -0.1) is 0 Å². The zero-order valence-corrected chi connectivity index (χ0v) is 21.3. The summed E-state index contributed by atoms with van der Waals surface area (Å²) >= 11 is 6.81. The molecule has 10 heteroatoms. The lowest BCUT2D eigenvalue weighted by Gasteiger charge is -2.13. The maximum absolute atomic E-state index is 12.9. The number of rotatable bonds is 8. The van der Waals surface area contributed by atoms with E-state index in [0.29, 0.717) is 27.7 Å². The number of halogens is 1. The summed E-state index contributed by atoms with van der Waals surface area (Å²) in [7, 11) is 0. The van der Waals surface area contributed by atoms with Gasteiger partial charge in [0.15, 0.2) is 6.61 Å². The van der Waals surface area contributed by atoms with Crippen LogP contribution in [0.1, 0.15) is 11.1 Å². The minimum absolute atomic E-state index is 0.140. The summed E-state index contributed by atoms with van der Waals surface area (Å²) in [4.78, 5) is 51.1. The summed E-state index contributed by atoms with van der Waals surface area (Å²) in [6, 6.07) is 20.9. The zero-order valence-electron chi connectivity index (χ0n) is 19.7. The number of para-hydroxylation sites is 2. The SMILES string of the molecule is Cc1ccc(NC(=O)CN2C(=O)S/C(=C/c3ccccc3OCC(=O)Nc3ccccc3)C2=O)cc1Cl. The molecule has 0 atom stereocenters. The van der Waals surface area contributed by atoms with E-state index in [4.69, 9.17) is 16.3 Å². The smallest absolute Gasteiger partial charge is 0.294 e. The number of aryl methyl sites for hydroxylation is 1. The molecule has 1 aliphatic heterocycles. The third-order valence-electron chi connectivity index (χ3n) is 5.25. The van der Waals surface area contributed by atoms with Gasteiger partial charge in [0, 0.05) is 22.0 Å². The van der Waals surface area contributed by atoms with E-state index in [9.17, 15) is 19.2 Å². The van der Waals surface area contributed by atoms with Gasteiger partial charge >= 0.3 is 0 Å². The van der Waals surface area contributed by atoms with Crippen molar-refractivity contribution < 1.29 is 23.9 Å². The lowest BCUT2D eigenvalue weighted by molar-refractivity contribution is -0.127. The Kier molecular flexibility index (Phi) is 8.27. The Morgan fingerprint density at radius 1 is 0.946 bits per heavy atom. The highest BCUT2D eigenvalue weighted by molar-refractivity contribution is 8.18. The maximum Gasteiger partial charge on any atom is 0.294 e. The molecule has 0 radical (unpaired) electrons. The molecule has 0 aromatic heterocycles. The fraction of sp³-hybridized carbons (Fsp3) is 0.111. The minimum atomic E-state index is -0.594. The van der Waals surface area contributed by atoms with Gasteiger partial charge in [-0.05, 0) is 60.7 Å². The van der Waals surface area contributed by atoms with Crippen molar-refractivity contribution in [1.29, 1.82) is 0 Å². The van der Waals surface area contributed by atoms with Crippen LogP contribution in [-0.2, 0) is 14.4 Å². The van der Waals surface area contributed by atoms with Gasteiger partial charge < -0.3 is 15.4 Å². The van der Waals surface area contributed by atoms with Crippen molar-refractivity contribution in [3.05, 3.63) is 93.9 Å². The Balaban J connectivity index is 1.40. The van der Waals surface area contributed by atoms with Crippen molar-refractivity contribution in [2.45, 2.75) is 6.92 Å². The number of nitrogens with zero attached hydrogens (tertiary/aromatic N) is 1. The van der Waals surface area contributed by atoms with E-state index in [1.807, 2.05) is 13.0 Å². The maximum atomic E-state index is 12.9. The number of hydrogen-bond donors (Lipinski definition) is 2. The van der Waals surface area contributed by atoms with E-state index in [0.717, 1.165) is 22.2 Å². The average molecular weight is 536 g/mol. The molecular formula is C27H22ClN3O5S. The Bertz CT molecular complexity index is 1390. The Morgan fingerprint density at radius 2 is 1.65 bits per heavy atom. The van der Waals surface area contributed by atoms with Crippen molar-refractivity contribution in [2.24, 2.45) is 0 Å². The summed E-state index contributed by atoms with van der Waals surface area (Å²) in [6.07, 6.45) is 1.51. The Labute approximate surface area is 222 Å². The second-order valence-corrected chi connectivity index (χ2v) is 9.42. The lowest BCUT2D eigenvalue weighted by atomic mass is 10.2. The number of amides is 4. The van der Waals surface area contributed by atoms with Crippen LogP contribution in [-0.4, -0.2) is 41.0 Å². The molecule has 0 bridgehead atoms. The van der Waals surface area contributed by atoms with Crippen molar-refractivity contribution >= 4 is 63.8 Å². The van der Waals surface area contributed by atoms with Gasteiger partial charge in [-0.1, -0.05) is 54.1 Å². The fourth-order valence-electron chi connectivity index (χ4n) is 3.39. The molecule has 3 aromatic rings. The van der Waals surface area contributed by atoms with Crippen LogP contribution < -0.4 is 15.4 Å². The van der Waals surface area contributed by atoms with Crippen LogP contribution in [0, 0.1) is 6.92 Å². The first-order valence-electron chi connectivity index (χ1n) is 11.2. The van der Waals surface area contributed by atoms with Crippen molar-refractivity contribution in [1.82, 2.24) is 4.90 Å². The molecule has 1 fully saturated rings. The van der Waals surface area contributed by atoms with Crippen LogP contribution in [0.25, 0.3) is 6.08 Å². The molecular weight excluding hydrogens is 514 g/mol. The number of imide groups is 1. The average Bonchev–Trinajstić information content (AvgIpc) is 3.13. The number of hydrogen-bond acceptors (Lipinski definition) is 6. The summed E-state index contributed by atoms with van der Waals surface area (Å²) < 4.78 is 5.67. The molecule has 1 heterocycles. The molecule has 37 heavy (non-hydrogen) atoms. The summed E-state index contributed by atoms with van der Waals surface area (Å²) in [5.74, 6) is -1.10. The summed E-state index contributed by atoms with van der Waals surface area (Å²) in [5.41, 5.74) is 2.48. The van der Waals surface area contributed by atoms with Gasteiger partial charge in [0.25, 0.3) is 17.1 Å². The van der Waals surface area contributed by atoms with Gasteiger partial charge in [0.1, 0.15) is 12.3 Å². The molecule has 2 N–H and O–H groups in total. The van der Waals surface area contributed by atoms with Crippen LogP contribution in [0.5, 0.6) is 5.75 Å². The van der Waals surface area contributed by atoms with E-state index < -0.39 is 23.6 Å². The van der Waals surface area contributed by atoms with Gasteiger partial charge in [-0.3, -0.25) is 24.1 Å². The molecule has 3 aromatic carbocycles. The van der Waals surface area contributed by atoms with Crippen LogP contribution in [0.4, 0.5) is 16.2 Å². The second kappa shape index (κ2) is 11.8. The van der Waals surface area contributed by atoms with E-state index in [1.165, 1.54) is 6.08 Å². The third kappa shape index (κ3) is 6.78. The number of benzene rings is 3. The molecule has 0 spiro atoms. The fourth-order valence-corrected chi connectivity index (χ4v) is 4.40. The monoisotopic (exact) mass is 535 g/mol. The molecule has 1 saturated heterocycles. The third-order valence-corrected chi connectivity index (χ3v) is 6.57. The predicted octanol–water partition coefficient (Wildman–Crippen LogP) is 5.34. The molecule has 8 nitrogen and oxygen atoms in total. The van der Waals surface area contributed by atoms with E-state index in [-0.39, 0.29) is 17.4 Å². The Hall–Kier alpha value is -4.08. The lowest BCUT2D eigenvalue weighted by Crippen LogP contribution is -2.36. The molecule has 0 saturated carbocycles. The van der Waals surface area contributed by atoms with Gasteiger partial charge in [-0.2, -0.15) is 0 Å². The van der Waals surface area contributed by atoms with Crippen LogP contribution in [0.2, 0.25) is 5.02 Å². The van der Waals surface area contributed by atoms with Gasteiger partial charge in [0.05, 0.1) is 4.91 Å². The summed E-state index contributed by atoms with van der Waals surface area (Å²) in [5, 5.41) is 5.30. The number of ether oxygens (including phenoxy) is 1. The first-order valence-corrected chi connectivity index (χ1v) is 12.4. The van der Waals surface area contributed by atoms with Gasteiger partial charge in [0.2, 0.25) is 5.91 Å². The normalized spacial score (nSPS) is 14.1. The van der Waals surface area contributed by atoms with E-state index in [1.54, 1.807) is 66.7 Å². The number of carbonyl (C=O) groups is 4. The van der Waals surface area contributed by atoms with Crippen molar-refractivity contribution in [2.75, 3.05) is 23.8 Å². The first kappa shape index (κ1) is 26.0. The first-order chi connectivity index (χ1) is 17.8. The molecule has 188 valence electrons. The molecule has 0 aliphatic carbocycles. The predicted molar refractivity (Wildman–Crippen MR) is 145 cm³/mol. The highest BCUT2D eigenvalue weighted by Crippen LogP contribution is 2.34. The highest BCUT2D eigenvalue weighted by atomic mass is 35.5. The molecule has 4 amide bonds. The topological polar surface area (TPSA) is 105 Å². The molecule has 4 rings (SSSR count). The number of nitrogens with one attached hydrogen (secondary N) is 2. The second-order valence-electron chi connectivity index (χ2n) is 8.02. The number of carbonyl (C=O) groups excluding carboxylic acids is 4. The van der Waals surface area contributed by atoms with Crippen LogP contribution >= 0.6 is 23.4 Å². The molecule has 0 unspecified atom stereocenters. The summed E-state index contributed by atoms with van der Waals surface area (Å²) in [6.45, 7) is 1.15. The van der Waals surface area contributed by atoms with Crippen molar-refractivity contribution in [3.63, 3.8) is 0 Å².